The highest BCUT2D eigenvalue weighted by Crippen LogP contribution is 2.25. The van der Waals surface area contributed by atoms with E-state index in [9.17, 15) is 0 Å². The molecule has 0 saturated heterocycles. The number of amidine groups is 1. The normalized spacial score (nSPS) is 10.5. The highest BCUT2D eigenvalue weighted by atomic mass is 35.5. The molecule has 1 atom stereocenters. The Kier molecular flexibility index (Phi) is 8.28. The number of halogens is 2. The standard InChI is InChI=1S/C15H16N2O2.2ClH/c1-18-12-8-5-9-13(10-12)19-14(15(16)17)11-6-3-2-4-7-11;;/h2-10,14H,1H3,(H3,16,17);2*1H. The maximum absolute atomic E-state index is 7.66. The largest absolute Gasteiger partial charge is 0.497 e. The van der Waals surface area contributed by atoms with Crippen molar-refractivity contribution in [2.45, 2.75) is 6.10 Å². The van der Waals surface area contributed by atoms with Crippen molar-refractivity contribution in [1.82, 2.24) is 0 Å². The molecule has 2 rings (SSSR count). The van der Waals surface area contributed by atoms with Crippen molar-refractivity contribution >= 4 is 30.6 Å². The Balaban J connectivity index is 0.00000200. The van der Waals surface area contributed by atoms with Crippen molar-refractivity contribution in [3.8, 4) is 11.5 Å². The van der Waals surface area contributed by atoms with E-state index < -0.39 is 6.10 Å². The molecule has 114 valence electrons. The molecule has 1 unspecified atom stereocenters. The van der Waals surface area contributed by atoms with Crippen LogP contribution in [0.4, 0.5) is 0 Å². The number of nitrogens with one attached hydrogen (secondary N) is 1. The first-order chi connectivity index (χ1) is 9.20. The number of hydrogen-bond donors (Lipinski definition) is 2. The van der Waals surface area contributed by atoms with Gasteiger partial charge in [-0.2, -0.15) is 0 Å². The molecule has 0 amide bonds. The highest BCUT2D eigenvalue weighted by molar-refractivity contribution is 5.85. The summed E-state index contributed by atoms with van der Waals surface area (Å²) in [6, 6.07) is 16.7. The molecule has 0 aromatic heterocycles. The Morgan fingerprint density at radius 3 is 2.19 bits per heavy atom. The lowest BCUT2D eigenvalue weighted by Gasteiger charge is -2.18. The molecule has 0 spiro atoms. The third-order valence-corrected chi connectivity index (χ3v) is 2.68. The van der Waals surface area contributed by atoms with Gasteiger partial charge >= 0.3 is 0 Å². The van der Waals surface area contributed by atoms with Crippen molar-refractivity contribution in [3.05, 3.63) is 60.2 Å². The summed E-state index contributed by atoms with van der Waals surface area (Å²) >= 11 is 0. The van der Waals surface area contributed by atoms with Crippen LogP contribution in [-0.2, 0) is 0 Å². The number of benzene rings is 2. The predicted molar refractivity (Wildman–Crippen MR) is 89.2 cm³/mol. The Morgan fingerprint density at radius 2 is 1.62 bits per heavy atom. The lowest BCUT2D eigenvalue weighted by atomic mass is 10.1. The fourth-order valence-corrected chi connectivity index (χ4v) is 1.75. The minimum absolute atomic E-state index is 0. The molecule has 0 fully saturated rings. The molecule has 21 heavy (non-hydrogen) atoms. The molecule has 0 aliphatic heterocycles. The molecule has 0 aliphatic carbocycles. The second-order valence-corrected chi connectivity index (χ2v) is 4.04. The summed E-state index contributed by atoms with van der Waals surface area (Å²) in [6.45, 7) is 0. The van der Waals surface area contributed by atoms with Gasteiger partial charge in [-0.1, -0.05) is 36.4 Å². The summed E-state index contributed by atoms with van der Waals surface area (Å²) < 4.78 is 10.9. The zero-order valence-electron chi connectivity index (χ0n) is 11.5. The smallest absolute Gasteiger partial charge is 0.180 e. The van der Waals surface area contributed by atoms with Crippen LogP contribution in [0.3, 0.4) is 0 Å². The highest BCUT2D eigenvalue weighted by Gasteiger charge is 2.16. The van der Waals surface area contributed by atoms with Crippen LogP contribution in [0.1, 0.15) is 11.7 Å². The van der Waals surface area contributed by atoms with Crippen LogP contribution in [0.2, 0.25) is 0 Å². The summed E-state index contributed by atoms with van der Waals surface area (Å²) in [4.78, 5) is 0. The summed E-state index contributed by atoms with van der Waals surface area (Å²) in [5, 5.41) is 7.66. The van der Waals surface area contributed by atoms with Crippen LogP contribution in [0.25, 0.3) is 0 Å². The molecule has 0 heterocycles. The summed E-state index contributed by atoms with van der Waals surface area (Å²) in [6.07, 6.45) is -0.590. The molecule has 2 aromatic rings. The van der Waals surface area contributed by atoms with Gasteiger partial charge in [-0.3, -0.25) is 5.41 Å². The monoisotopic (exact) mass is 328 g/mol. The molecular weight excluding hydrogens is 311 g/mol. The molecule has 0 saturated carbocycles. The molecule has 4 nitrogen and oxygen atoms in total. The number of nitrogens with two attached hydrogens (primary N) is 1. The van der Waals surface area contributed by atoms with Gasteiger partial charge in [0.15, 0.2) is 6.10 Å². The van der Waals surface area contributed by atoms with Gasteiger partial charge < -0.3 is 15.2 Å². The predicted octanol–water partition coefficient (Wildman–Crippen LogP) is 3.59. The number of ether oxygens (including phenoxy) is 2. The van der Waals surface area contributed by atoms with Crippen molar-refractivity contribution in [2.75, 3.05) is 7.11 Å². The SMILES string of the molecule is COc1cccc(OC(C(=N)N)c2ccccc2)c1.Cl.Cl. The van der Waals surface area contributed by atoms with Gasteiger partial charge in [0, 0.05) is 6.07 Å². The average molecular weight is 329 g/mol. The van der Waals surface area contributed by atoms with Crippen LogP contribution < -0.4 is 15.2 Å². The maximum Gasteiger partial charge on any atom is 0.180 e. The van der Waals surface area contributed by atoms with Gasteiger partial charge in [0.05, 0.1) is 7.11 Å². The first-order valence-electron chi connectivity index (χ1n) is 5.90. The van der Waals surface area contributed by atoms with E-state index in [1.807, 2.05) is 42.5 Å². The van der Waals surface area contributed by atoms with Gasteiger partial charge in [-0.25, -0.2) is 0 Å². The van der Waals surface area contributed by atoms with Crippen LogP contribution in [0.5, 0.6) is 11.5 Å². The number of rotatable bonds is 5. The lowest BCUT2D eigenvalue weighted by Crippen LogP contribution is -2.25. The molecule has 0 bridgehead atoms. The number of hydrogen-bond acceptors (Lipinski definition) is 3. The third-order valence-electron chi connectivity index (χ3n) is 2.68. The Hall–Kier alpha value is -1.91. The first kappa shape index (κ1) is 19.1. The third kappa shape index (κ3) is 5.17. The Morgan fingerprint density at radius 1 is 1.00 bits per heavy atom. The minimum atomic E-state index is -0.590. The van der Waals surface area contributed by atoms with E-state index in [0.29, 0.717) is 11.5 Å². The number of methoxy groups -OCH3 is 1. The van der Waals surface area contributed by atoms with E-state index in [4.69, 9.17) is 20.6 Å². The van der Waals surface area contributed by atoms with E-state index in [2.05, 4.69) is 0 Å². The van der Waals surface area contributed by atoms with Crippen LogP contribution in [0, 0.1) is 5.41 Å². The van der Waals surface area contributed by atoms with Gasteiger partial charge in [0.25, 0.3) is 0 Å². The van der Waals surface area contributed by atoms with Gasteiger partial charge in [-0.05, 0) is 17.7 Å². The van der Waals surface area contributed by atoms with E-state index in [-0.39, 0.29) is 30.6 Å². The average Bonchev–Trinajstić information content (AvgIpc) is 2.45. The molecule has 6 heteroatoms. The topological polar surface area (TPSA) is 68.3 Å². The van der Waals surface area contributed by atoms with Crippen molar-refractivity contribution in [2.24, 2.45) is 5.73 Å². The fourth-order valence-electron chi connectivity index (χ4n) is 1.75. The minimum Gasteiger partial charge on any atom is -0.497 e. The molecule has 0 aliphatic rings. The van der Waals surface area contributed by atoms with Crippen molar-refractivity contribution in [3.63, 3.8) is 0 Å². The second-order valence-electron chi connectivity index (χ2n) is 4.04. The molecule has 0 radical (unpaired) electrons. The summed E-state index contributed by atoms with van der Waals surface area (Å²) in [7, 11) is 1.60. The lowest BCUT2D eigenvalue weighted by molar-refractivity contribution is 0.269. The Labute approximate surface area is 136 Å². The first-order valence-corrected chi connectivity index (χ1v) is 5.90. The van der Waals surface area contributed by atoms with Gasteiger partial charge in [0.2, 0.25) is 0 Å². The van der Waals surface area contributed by atoms with Gasteiger partial charge in [-0.15, -0.1) is 24.8 Å². The molecule has 3 N–H and O–H groups in total. The fraction of sp³-hybridized carbons (Fsp3) is 0.133. The summed E-state index contributed by atoms with van der Waals surface area (Å²) in [5.74, 6) is 1.28. The zero-order chi connectivity index (χ0) is 13.7. The van der Waals surface area contributed by atoms with Crippen molar-refractivity contribution < 1.29 is 9.47 Å². The van der Waals surface area contributed by atoms with Crippen LogP contribution in [0.15, 0.2) is 54.6 Å². The molecular formula is C15H18Cl2N2O2. The maximum atomic E-state index is 7.66. The summed E-state index contributed by atoms with van der Waals surface area (Å²) in [5.41, 5.74) is 6.46. The molecule has 2 aromatic carbocycles. The van der Waals surface area contributed by atoms with Crippen LogP contribution in [-0.4, -0.2) is 12.9 Å². The van der Waals surface area contributed by atoms with Crippen molar-refractivity contribution in [1.29, 1.82) is 5.41 Å². The van der Waals surface area contributed by atoms with Crippen LogP contribution >= 0.6 is 24.8 Å². The second kappa shape index (κ2) is 9.10. The van der Waals surface area contributed by atoms with Gasteiger partial charge in [0.1, 0.15) is 17.3 Å². The quantitative estimate of drug-likeness (QED) is 0.650. The van der Waals surface area contributed by atoms with E-state index >= 15 is 0 Å². The van der Waals surface area contributed by atoms with E-state index in [1.165, 1.54) is 0 Å². The van der Waals surface area contributed by atoms with E-state index in [1.54, 1.807) is 19.2 Å². The Bertz CT molecular complexity index is 565. The van der Waals surface area contributed by atoms with E-state index in [0.717, 1.165) is 5.56 Å². The zero-order valence-corrected chi connectivity index (χ0v) is 13.1.